The Kier molecular flexibility index (Phi) is 10.6. The lowest BCUT2D eigenvalue weighted by molar-refractivity contribution is -0.144. The van der Waals surface area contributed by atoms with Crippen LogP contribution in [0.25, 0.3) is 0 Å². The first-order chi connectivity index (χ1) is 17.8. The number of carboxylic acid groups (broad SMARTS) is 1. The number of ether oxygens (including phenoxy) is 5. The number of rotatable bonds is 11. The maximum absolute atomic E-state index is 12.4. The summed E-state index contributed by atoms with van der Waals surface area (Å²) in [5.41, 5.74) is 5.05. The molecule has 0 aromatic heterocycles. The molecule has 1 unspecified atom stereocenters. The number of carboxylic acids is 1. The summed E-state index contributed by atoms with van der Waals surface area (Å²) in [4.78, 5) is 48.6. The quantitative estimate of drug-likeness (QED) is 0.239. The van der Waals surface area contributed by atoms with Gasteiger partial charge in [0.05, 0.1) is 17.8 Å². The van der Waals surface area contributed by atoms with Gasteiger partial charge in [0.25, 0.3) is 0 Å². The molecule has 3 N–H and O–H groups in total. The van der Waals surface area contributed by atoms with Crippen LogP contribution in [-0.4, -0.2) is 53.2 Å². The van der Waals surface area contributed by atoms with Crippen LogP contribution in [0.4, 0.5) is 9.59 Å². The lowest BCUT2D eigenvalue weighted by Gasteiger charge is -2.28. The van der Waals surface area contributed by atoms with Crippen molar-refractivity contribution in [2.45, 2.75) is 71.3 Å². The highest BCUT2D eigenvalue weighted by molar-refractivity contribution is 5.89. The molecule has 2 atom stereocenters. The van der Waals surface area contributed by atoms with Gasteiger partial charge in [-0.1, -0.05) is 24.3 Å². The summed E-state index contributed by atoms with van der Waals surface area (Å²) < 4.78 is 25.7. The summed E-state index contributed by atoms with van der Waals surface area (Å²) in [7, 11) is 0. The second kappa shape index (κ2) is 13.4. The van der Waals surface area contributed by atoms with Crippen molar-refractivity contribution < 1.29 is 48.0 Å². The first kappa shape index (κ1) is 30.1. The molecule has 0 aliphatic carbocycles. The van der Waals surface area contributed by atoms with Crippen LogP contribution >= 0.6 is 0 Å². The number of aliphatic carboxylic acids is 1. The van der Waals surface area contributed by atoms with Crippen molar-refractivity contribution in [2.24, 2.45) is 5.73 Å². The van der Waals surface area contributed by atoms with E-state index in [-0.39, 0.29) is 24.3 Å². The van der Waals surface area contributed by atoms with Crippen LogP contribution in [0.3, 0.4) is 0 Å². The molecule has 2 aromatic rings. The summed E-state index contributed by atoms with van der Waals surface area (Å²) in [6.07, 6.45) is -4.31. The molecule has 0 saturated heterocycles. The third-order valence-electron chi connectivity index (χ3n) is 4.97. The fourth-order valence-electron chi connectivity index (χ4n) is 3.42. The minimum atomic E-state index is -1.86. The Bertz CT molecular complexity index is 1130. The standard InChI is InChI=1S/C27H33NO10/c1-16(2)34-25(32)37-21-12-11-19(13-22(21)38-26(33)35-17(3)4)15-27(28,24(30)31)14-18(5)36-23(29)20-9-7-6-8-10-20/h6-13,16-18H,14-15,28H2,1-5H3,(H,30,31)/t18-,27?/m0/s1. The highest BCUT2D eigenvalue weighted by Crippen LogP contribution is 2.31. The van der Waals surface area contributed by atoms with Crippen molar-refractivity contribution in [3.63, 3.8) is 0 Å². The van der Waals surface area contributed by atoms with Crippen LogP contribution in [-0.2, 0) is 25.4 Å². The topological polar surface area (TPSA) is 161 Å². The van der Waals surface area contributed by atoms with E-state index in [9.17, 15) is 24.3 Å². The number of esters is 1. The summed E-state index contributed by atoms with van der Waals surface area (Å²) in [5, 5.41) is 9.91. The van der Waals surface area contributed by atoms with E-state index in [0.29, 0.717) is 11.1 Å². The minimum absolute atomic E-state index is 0.150. The molecular formula is C27H33NO10. The number of carbonyl (C=O) groups excluding carboxylic acids is 3. The zero-order valence-corrected chi connectivity index (χ0v) is 22.0. The normalized spacial score (nSPS) is 13.3. The van der Waals surface area contributed by atoms with Gasteiger partial charge in [-0.05, 0) is 64.4 Å². The lowest BCUT2D eigenvalue weighted by Crippen LogP contribution is -2.52. The van der Waals surface area contributed by atoms with Crippen molar-refractivity contribution in [3.05, 3.63) is 59.7 Å². The second-order valence-electron chi connectivity index (χ2n) is 9.24. The molecule has 0 aliphatic heterocycles. The number of nitrogens with two attached hydrogens (primary N) is 1. The Morgan fingerprint density at radius 3 is 1.89 bits per heavy atom. The predicted molar refractivity (Wildman–Crippen MR) is 135 cm³/mol. The van der Waals surface area contributed by atoms with Gasteiger partial charge in [0, 0.05) is 12.8 Å². The monoisotopic (exact) mass is 531 g/mol. The Morgan fingerprint density at radius 1 is 0.816 bits per heavy atom. The zero-order valence-electron chi connectivity index (χ0n) is 22.0. The van der Waals surface area contributed by atoms with Crippen molar-refractivity contribution in [2.75, 3.05) is 0 Å². The molecule has 2 aromatic carbocycles. The van der Waals surface area contributed by atoms with E-state index in [2.05, 4.69) is 0 Å². The van der Waals surface area contributed by atoms with Crippen LogP contribution < -0.4 is 15.2 Å². The summed E-state index contributed by atoms with van der Waals surface area (Å²) in [6.45, 7) is 8.05. The first-order valence-electron chi connectivity index (χ1n) is 12.0. The van der Waals surface area contributed by atoms with Crippen molar-refractivity contribution in [3.8, 4) is 11.5 Å². The van der Waals surface area contributed by atoms with Crippen molar-refractivity contribution >= 4 is 24.2 Å². The lowest BCUT2D eigenvalue weighted by atomic mass is 9.86. The second-order valence-corrected chi connectivity index (χ2v) is 9.24. The SMILES string of the molecule is CC(C)OC(=O)Oc1ccc(CC(N)(C[C@H](C)OC(=O)c2ccccc2)C(=O)O)cc1OC(=O)OC(C)C. The predicted octanol–water partition coefficient (Wildman–Crippen LogP) is 4.49. The fourth-order valence-corrected chi connectivity index (χ4v) is 3.42. The van der Waals surface area contributed by atoms with Crippen molar-refractivity contribution in [1.29, 1.82) is 0 Å². The number of hydrogen-bond donors (Lipinski definition) is 2. The average Bonchev–Trinajstić information content (AvgIpc) is 2.80. The molecule has 0 bridgehead atoms. The average molecular weight is 532 g/mol. The van der Waals surface area contributed by atoms with Gasteiger partial charge in [0.1, 0.15) is 11.6 Å². The molecule has 11 nitrogen and oxygen atoms in total. The van der Waals surface area contributed by atoms with Crippen LogP contribution in [0.2, 0.25) is 0 Å². The Morgan fingerprint density at radius 2 is 1.37 bits per heavy atom. The highest BCUT2D eigenvalue weighted by Gasteiger charge is 2.37. The van der Waals surface area contributed by atoms with Gasteiger partial charge in [0.2, 0.25) is 0 Å². The van der Waals surface area contributed by atoms with Crippen molar-refractivity contribution in [1.82, 2.24) is 0 Å². The molecule has 0 fully saturated rings. The van der Waals surface area contributed by atoms with E-state index >= 15 is 0 Å². The van der Waals surface area contributed by atoms with Gasteiger partial charge < -0.3 is 34.5 Å². The van der Waals surface area contributed by atoms with Crippen LogP contribution in [0.1, 0.15) is 57.0 Å². The van der Waals surface area contributed by atoms with E-state index in [0.717, 1.165) is 0 Å². The largest absolute Gasteiger partial charge is 0.514 e. The molecule has 206 valence electrons. The van der Waals surface area contributed by atoms with Gasteiger partial charge in [-0.15, -0.1) is 0 Å². The molecule has 11 heteroatoms. The van der Waals surface area contributed by atoms with E-state index in [4.69, 9.17) is 29.4 Å². The summed E-state index contributed by atoms with van der Waals surface area (Å²) >= 11 is 0. The van der Waals surface area contributed by atoms with E-state index < -0.39 is 48.1 Å². The highest BCUT2D eigenvalue weighted by atomic mass is 16.7. The summed E-state index contributed by atoms with van der Waals surface area (Å²) in [5.74, 6) is -2.30. The first-order valence-corrected chi connectivity index (χ1v) is 12.0. The number of hydrogen-bond acceptors (Lipinski definition) is 10. The van der Waals surface area contributed by atoms with Crippen LogP contribution in [0, 0.1) is 0 Å². The minimum Gasteiger partial charge on any atom is -0.480 e. The maximum atomic E-state index is 12.4. The van der Waals surface area contributed by atoms with Gasteiger partial charge in [-0.3, -0.25) is 4.79 Å². The molecule has 0 spiro atoms. The Balaban J connectivity index is 2.25. The zero-order chi connectivity index (χ0) is 28.5. The molecule has 0 radical (unpaired) electrons. The summed E-state index contributed by atoms with van der Waals surface area (Å²) in [6, 6.07) is 12.4. The molecule has 2 rings (SSSR count). The maximum Gasteiger partial charge on any atom is 0.514 e. The van der Waals surface area contributed by atoms with Gasteiger partial charge in [0.15, 0.2) is 11.5 Å². The van der Waals surface area contributed by atoms with Crippen LogP contribution in [0.5, 0.6) is 11.5 Å². The Hall–Kier alpha value is -4.12. The van der Waals surface area contributed by atoms with E-state index in [1.54, 1.807) is 65.0 Å². The molecule has 0 heterocycles. The fraction of sp³-hybridized carbons (Fsp3) is 0.407. The van der Waals surface area contributed by atoms with E-state index in [1.165, 1.54) is 18.2 Å². The molecule has 0 saturated carbocycles. The van der Waals surface area contributed by atoms with Gasteiger partial charge >= 0.3 is 24.2 Å². The Labute approximate surface area is 220 Å². The van der Waals surface area contributed by atoms with Crippen LogP contribution in [0.15, 0.2) is 48.5 Å². The van der Waals surface area contributed by atoms with E-state index in [1.807, 2.05) is 0 Å². The number of carbonyl (C=O) groups is 4. The van der Waals surface area contributed by atoms with Gasteiger partial charge in [-0.2, -0.15) is 0 Å². The molecule has 0 aliphatic rings. The third kappa shape index (κ3) is 9.40. The molecule has 0 amide bonds. The molecule has 38 heavy (non-hydrogen) atoms. The third-order valence-corrected chi connectivity index (χ3v) is 4.97. The smallest absolute Gasteiger partial charge is 0.480 e. The number of benzene rings is 2. The molecular weight excluding hydrogens is 498 g/mol. The van der Waals surface area contributed by atoms with Gasteiger partial charge in [-0.25, -0.2) is 14.4 Å².